The molecule has 1 N–H and O–H groups in total. The molecule has 1 atom stereocenters. The second kappa shape index (κ2) is 11.3. The lowest BCUT2D eigenvalue weighted by atomic mass is 10.1. The van der Waals surface area contributed by atoms with Crippen LogP contribution < -0.4 is 14.8 Å². The third kappa shape index (κ3) is 6.50. The normalized spacial score (nSPS) is 16.9. The molecule has 1 unspecified atom stereocenters. The van der Waals surface area contributed by atoms with Crippen molar-refractivity contribution in [1.82, 2.24) is 15.1 Å². The van der Waals surface area contributed by atoms with Gasteiger partial charge < -0.3 is 19.7 Å². The Hall–Kier alpha value is -1.60. The van der Waals surface area contributed by atoms with Crippen molar-refractivity contribution in [2.24, 2.45) is 4.99 Å². The first-order valence-electron chi connectivity index (χ1n) is 9.60. The van der Waals surface area contributed by atoms with Gasteiger partial charge in [-0.05, 0) is 31.4 Å². The van der Waals surface area contributed by atoms with Crippen LogP contribution in [0.4, 0.5) is 0 Å². The molecule has 0 aliphatic carbocycles. The second-order valence-corrected chi connectivity index (χ2v) is 7.96. The fourth-order valence-corrected chi connectivity index (χ4v) is 3.30. The lowest BCUT2D eigenvalue weighted by Crippen LogP contribution is -2.52. The van der Waals surface area contributed by atoms with Crippen LogP contribution in [0.1, 0.15) is 19.4 Å². The highest BCUT2D eigenvalue weighted by Crippen LogP contribution is 2.25. The zero-order valence-corrected chi connectivity index (χ0v) is 18.1. The van der Waals surface area contributed by atoms with Crippen LogP contribution in [0.15, 0.2) is 23.2 Å². The van der Waals surface area contributed by atoms with Crippen molar-refractivity contribution in [2.45, 2.75) is 25.6 Å². The summed E-state index contributed by atoms with van der Waals surface area (Å²) < 4.78 is 10.9. The second-order valence-electron chi connectivity index (χ2n) is 6.68. The summed E-state index contributed by atoms with van der Waals surface area (Å²) >= 11 is 1.86. The van der Waals surface area contributed by atoms with E-state index in [1.807, 2.05) is 23.9 Å². The summed E-state index contributed by atoms with van der Waals surface area (Å²) in [5, 5.41) is 3.98. The van der Waals surface area contributed by atoms with Gasteiger partial charge in [0, 0.05) is 50.1 Å². The first kappa shape index (κ1) is 21.7. The van der Waals surface area contributed by atoms with E-state index < -0.39 is 0 Å². The van der Waals surface area contributed by atoms with E-state index in [1.165, 1.54) is 5.56 Å². The monoisotopic (exact) mass is 394 g/mol. The van der Waals surface area contributed by atoms with Crippen LogP contribution in [-0.4, -0.2) is 80.8 Å². The van der Waals surface area contributed by atoms with Crippen LogP contribution in [0.2, 0.25) is 0 Å². The maximum absolute atomic E-state index is 5.52. The van der Waals surface area contributed by atoms with E-state index in [2.05, 4.69) is 41.3 Å². The van der Waals surface area contributed by atoms with Gasteiger partial charge in [-0.15, -0.1) is 0 Å². The summed E-state index contributed by atoms with van der Waals surface area (Å²) in [5.74, 6) is 2.82. The first-order valence-corrected chi connectivity index (χ1v) is 10.9. The number of rotatable bonds is 8. The summed E-state index contributed by atoms with van der Waals surface area (Å²) in [6, 6.07) is 5.99. The largest absolute Gasteiger partial charge is 0.497 e. The molecule has 2 rings (SSSR count). The zero-order valence-electron chi connectivity index (χ0n) is 17.3. The number of methoxy groups -OCH3 is 2. The Balaban J connectivity index is 1.96. The molecule has 1 aliphatic rings. The Morgan fingerprint density at radius 2 is 1.96 bits per heavy atom. The molecule has 1 saturated heterocycles. The number of hydrogen-bond donors (Lipinski definition) is 1. The van der Waals surface area contributed by atoms with Gasteiger partial charge in [-0.1, -0.05) is 6.92 Å². The van der Waals surface area contributed by atoms with Crippen LogP contribution in [-0.2, 0) is 6.54 Å². The maximum atomic E-state index is 5.52. The van der Waals surface area contributed by atoms with Crippen molar-refractivity contribution < 1.29 is 9.47 Å². The highest BCUT2D eigenvalue weighted by Gasteiger charge is 2.21. The van der Waals surface area contributed by atoms with Crippen LogP contribution in [0.3, 0.4) is 0 Å². The van der Waals surface area contributed by atoms with E-state index >= 15 is 0 Å². The van der Waals surface area contributed by atoms with Crippen molar-refractivity contribution in [3.05, 3.63) is 23.8 Å². The molecule has 0 bridgehead atoms. The smallest absolute Gasteiger partial charge is 0.194 e. The lowest BCUT2D eigenvalue weighted by Gasteiger charge is -2.36. The average molecular weight is 395 g/mol. The van der Waals surface area contributed by atoms with E-state index in [4.69, 9.17) is 14.5 Å². The van der Waals surface area contributed by atoms with Crippen molar-refractivity contribution >= 4 is 17.7 Å². The number of piperazine rings is 1. The van der Waals surface area contributed by atoms with Crippen LogP contribution in [0, 0.1) is 0 Å². The quantitative estimate of drug-likeness (QED) is 0.540. The summed E-state index contributed by atoms with van der Waals surface area (Å²) in [6.07, 6.45) is 2.14. The number of guanidine groups is 1. The molecule has 27 heavy (non-hydrogen) atoms. The first-order chi connectivity index (χ1) is 13.1. The Bertz CT molecular complexity index is 604. The molecule has 6 nitrogen and oxygen atoms in total. The van der Waals surface area contributed by atoms with Crippen molar-refractivity contribution in [2.75, 3.05) is 59.7 Å². The summed E-state index contributed by atoms with van der Waals surface area (Å²) in [4.78, 5) is 9.65. The zero-order chi connectivity index (χ0) is 19.6. The molecule has 0 spiro atoms. The van der Waals surface area contributed by atoms with Crippen molar-refractivity contribution in [3.63, 3.8) is 0 Å². The Labute approximate surface area is 168 Å². The molecular formula is C20H34N4O2S. The minimum atomic E-state index is 0.542. The average Bonchev–Trinajstić information content (AvgIpc) is 2.71. The highest BCUT2D eigenvalue weighted by atomic mass is 32.2. The van der Waals surface area contributed by atoms with E-state index in [-0.39, 0.29) is 0 Å². The van der Waals surface area contributed by atoms with Gasteiger partial charge in [0.05, 0.1) is 20.8 Å². The number of ether oxygens (including phenoxy) is 2. The summed E-state index contributed by atoms with van der Waals surface area (Å²) in [6.45, 7) is 10.9. The molecule has 0 amide bonds. The Morgan fingerprint density at radius 1 is 1.22 bits per heavy atom. The molecule has 0 radical (unpaired) electrons. The lowest BCUT2D eigenvalue weighted by molar-refractivity contribution is 0.171. The fourth-order valence-electron chi connectivity index (χ4n) is 3.08. The van der Waals surface area contributed by atoms with Gasteiger partial charge >= 0.3 is 0 Å². The van der Waals surface area contributed by atoms with E-state index in [9.17, 15) is 0 Å². The molecule has 1 heterocycles. The summed E-state index contributed by atoms with van der Waals surface area (Å²) in [7, 11) is 3.42. The van der Waals surface area contributed by atoms with Gasteiger partial charge in [-0.2, -0.15) is 11.8 Å². The van der Waals surface area contributed by atoms with E-state index in [0.29, 0.717) is 5.25 Å². The molecule has 7 heteroatoms. The number of thioether (sulfide) groups is 1. The molecule has 1 aromatic rings. The number of hydrogen-bond acceptors (Lipinski definition) is 5. The predicted molar refractivity (Wildman–Crippen MR) is 115 cm³/mol. The minimum absolute atomic E-state index is 0.542. The molecular weight excluding hydrogens is 360 g/mol. The number of aliphatic imine (C=N–C) groups is 1. The molecule has 0 aromatic heterocycles. The van der Waals surface area contributed by atoms with E-state index in [1.54, 1.807) is 14.2 Å². The van der Waals surface area contributed by atoms with Crippen LogP contribution in [0.25, 0.3) is 0 Å². The molecule has 152 valence electrons. The highest BCUT2D eigenvalue weighted by molar-refractivity contribution is 7.99. The molecule has 0 saturated carbocycles. The number of nitrogens with one attached hydrogen (secondary N) is 1. The molecule has 1 aliphatic heterocycles. The topological polar surface area (TPSA) is 49.3 Å². The predicted octanol–water partition coefficient (Wildman–Crippen LogP) is 2.54. The number of nitrogens with zero attached hydrogens (tertiary/aromatic N) is 3. The summed E-state index contributed by atoms with van der Waals surface area (Å²) in [5.41, 5.74) is 1.17. The van der Waals surface area contributed by atoms with Gasteiger partial charge in [-0.25, -0.2) is 0 Å². The standard InChI is InChI=1S/C20H34N4O2S/c1-6-21-20(22-14-16(2)27-5)24-11-9-23(10-12-24)15-17-13-18(25-3)7-8-19(17)26-4/h7-8,13,16H,6,9-12,14-15H2,1-5H3,(H,21,22). The van der Waals surface area contributed by atoms with Gasteiger partial charge in [0.2, 0.25) is 0 Å². The minimum Gasteiger partial charge on any atom is -0.497 e. The van der Waals surface area contributed by atoms with Gasteiger partial charge in [0.25, 0.3) is 0 Å². The van der Waals surface area contributed by atoms with Gasteiger partial charge in [0.1, 0.15) is 11.5 Å². The molecule has 1 fully saturated rings. The third-order valence-corrected chi connectivity index (χ3v) is 5.74. The Kier molecular flexibility index (Phi) is 9.07. The fraction of sp³-hybridized carbons (Fsp3) is 0.650. The maximum Gasteiger partial charge on any atom is 0.194 e. The van der Waals surface area contributed by atoms with Crippen molar-refractivity contribution in [3.8, 4) is 11.5 Å². The van der Waals surface area contributed by atoms with Gasteiger partial charge in [0.15, 0.2) is 5.96 Å². The van der Waals surface area contributed by atoms with Crippen molar-refractivity contribution in [1.29, 1.82) is 0 Å². The van der Waals surface area contributed by atoms with Crippen LogP contribution in [0.5, 0.6) is 11.5 Å². The van der Waals surface area contributed by atoms with E-state index in [0.717, 1.165) is 63.3 Å². The third-order valence-electron chi connectivity index (χ3n) is 4.79. The van der Waals surface area contributed by atoms with Gasteiger partial charge in [-0.3, -0.25) is 9.89 Å². The molecule has 1 aromatic carbocycles. The SMILES string of the molecule is CCNC(=NCC(C)SC)N1CCN(Cc2cc(OC)ccc2OC)CC1. The van der Waals surface area contributed by atoms with Crippen LogP contribution >= 0.6 is 11.8 Å². The number of benzene rings is 1. The Morgan fingerprint density at radius 3 is 2.56 bits per heavy atom.